The third-order valence-electron chi connectivity index (χ3n) is 5.90. The van der Waals surface area contributed by atoms with Gasteiger partial charge in [0.2, 0.25) is 15.9 Å². The van der Waals surface area contributed by atoms with Crippen molar-refractivity contribution in [1.29, 1.82) is 0 Å². The molecule has 3 rings (SSSR count). The van der Waals surface area contributed by atoms with Crippen LogP contribution in [-0.2, 0) is 20.2 Å². The van der Waals surface area contributed by atoms with E-state index in [9.17, 15) is 18.0 Å². The third-order valence-corrected chi connectivity index (χ3v) is 7.37. The average molecular weight is 527 g/mol. The van der Waals surface area contributed by atoms with Crippen molar-refractivity contribution < 1.29 is 18.0 Å². The maximum atomic E-state index is 13.1. The van der Waals surface area contributed by atoms with Gasteiger partial charge in [-0.25, -0.2) is 8.42 Å². The average Bonchev–Trinajstić information content (AvgIpc) is 2.79. The Bertz CT molecular complexity index is 1390. The van der Waals surface area contributed by atoms with Crippen LogP contribution in [0.2, 0.25) is 5.02 Å². The van der Waals surface area contributed by atoms with Gasteiger partial charge in [0, 0.05) is 21.8 Å². The Balaban J connectivity index is 1.84. The summed E-state index contributed by atoms with van der Waals surface area (Å²) in [5, 5.41) is 3.10. The number of ketones is 1. The monoisotopic (exact) mass is 526 g/mol. The van der Waals surface area contributed by atoms with Gasteiger partial charge in [0.1, 0.15) is 6.04 Å². The van der Waals surface area contributed by atoms with E-state index in [4.69, 9.17) is 11.6 Å². The second-order valence-electron chi connectivity index (χ2n) is 9.89. The minimum absolute atomic E-state index is 0.0219. The zero-order chi connectivity index (χ0) is 26.8. The molecule has 0 bridgehead atoms. The maximum absolute atomic E-state index is 13.1. The first-order chi connectivity index (χ1) is 16.7. The molecule has 0 radical (unpaired) electrons. The fourth-order valence-electron chi connectivity index (χ4n) is 3.87. The lowest BCUT2D eigenvalue weighted by Crippen LogP contribution is -2.45. The number of hydrogen-bond donors (Lipinski definition) is 1. The largest absolute Gasteiger partial charge is 0.324 e. The molecule has 3 aromatic carbocycles. The molecule has 0 saturated heterocycles. The maximum Gasteiger partial charge on any atom is 0.247 e. The molecule has 0 spiro atoms. The standard InChI is InChI=1S/C28H31ClN2O4S/c1-18-10-15-23(29)17-25(18)31(36(6,34)35)19(2)27(33)30-24-9-7-8-21(16-24)26(32)20-11-13-22(14-12-20)28(3,4)5/h7-17,19H,1-6H3,(H,30,33). The molecule has 0 aliphatic heterocycles. The van der Waals surface area contributed by atoms with Crippen molar-refractivity contribution in [2.24, 2.45) is 0 Å². The number of carbonyl (C=O) groups excluding carboxylic acids is 2. The molecule has 0 aromatic heterocycles. The predicted molar refractivity (Wildman–Crippen MR) is 147 cm³/mol. The predicted octanol–water partition coefficient (Wildman–Crippen LogP) is 5.97. The van der Waals surface area contributed by atoms with Gasteiger partial charge in [-0.2, -0.15) is 0 Å². The highest BCUT2D eigenvalue weighted by molar-refractivity contribution is 7.92. The lowest BCUT2D eigenvalue weighted by atomic mass is 9.86. The molecule has 6 nitrogen and oxygen atoms in total. The Kier molecular flexibility index (Phi) is 7.96. The molecular formula is C28H31ClN2O4S. The smallest absolute Gasteiger partial charge is 0.247 e. The number of amides is 1. The van der Waals surface area contributed by atoms with E-state index in [1.54, 1.807) is 55.5 Å². The topological polar surface area (TPSA) is 83.6 Å². The SMILES string of the molecule is Cc1ccc(Cl)cc1N(C(C)C(=O)Nc1cccc(C(=O)c2ccc(C(C)(C)C)cc2)c1)S(C)(=O)=O. The number of nitrogens with one attached hydrogen (secondary N) is 1. The van der Waals surface area contributed by atoms with Crippen LogP contribution in [0.25, 0.3) is 0 Å². The van der Waals surface area contributed by atoms with E-state index in [-0.39, 0.29) is 11.2 Å². The number of halogens is 1. The molecule has 0 heterocycles. The Labute approximate surface area is 218 Å². The molecule has 36 heavy (non-hydrogen) atoms. The second kappa shape index (κ2) is 10.4. The van der Waals surface area contributed by atoms with Crippen molar-refractivity contribution in [3.63, 3.8) is 0 Å². The number of anilines is 2. The van der Waals surface area contributed by atoms with E-state index in [0.717, 1.165) is 16.1 Å². The first kappa shape index (κ1) is 27.4. The zero-order valence-electron chi connectivity index (χ0n) is 21.3. The lowest BCUT2D eigenvalue weighted by molar-refractivity contribution is -0.116. The molecule has 1 unspecified atom stereocenters. The van der Waals surface area contributed by atoms with Crippen LogP contribution in [0.3, 0.4) is 0 Å². The highest BCUT2D eigenvalue weighted by Gasteiger charge is 2.30. The fraction of sp³-hybridized carbons (Fsp3) is 0.286. The van der Waals surface area contributed by atoms with E-state index < -0.39 is 22.0 Å². The molecule has 0 fully saturated rings. The van der Waals surface area contributed by atoms with E-state index in [2.05, 4.69) is 26.1 Å². The molecule has 190 valence electrons. The van der Waals surface area contributed by atoms with Crippen LogP contribution in [0.1, 0.15) is 54.7 Å². The quantitative estimate of drug-likeness (QED) is 0.384. The minimum atomic E-state index is -3.81. The summed E-state index contributed by atoms with van der Waals surface area (Å²) in [6, 6.07) is 17.9. The van der Waals surface area contributed by atoms with Gasteiger partial charge in [-0.05, 0) is 54.7 Å². The summed E-state index contributed by atoms with van der Waals surface area (Å²) in [5.41, 5.74) is 3.44. The summed E-state index contributed by atoms with van der Waals surface area (Å²) in [6.07, 6.45) is 1.04. The summed E-state index contributed by atoms with van der Waals surface area (Å²) in [4.78, 5) is 26.2. The van der Waals surface area contributed by atoms with Crippen molar-refractivity contribution in [2.75, 3.05) is 15.9 Å². The highest BCUT2D eigenvalue weighted by atomic mass is 35.5. The van der Waals surface area contributed by atoms with Crippen LogP contribution in [0.4, 0.5) is 11.4 Å². The van der Waals surface area contributed by atoms with Gasteiger partial charge in [-0.3, -0.25) is 13.9 Å². The molecule has 1 N–H and O–H groups in total. The van der Waals surface area contributed by atoms with E-state index in [1.807, 2.05) is 12.1 Å². The molecule has 0 aliphatic rings. The second-order valence-corrected chi connectivity index (χ2v) is 12.2. The van der Waals surface area contributed by atoms with Crippen LogP contribution in [-0.4, -0.2) is 32.4 Å². The van der Waals surface area contributed by atoms with Crippen molar-refractivity contribution >= 4 is 44.7 Å². The Morgan fingerprint density at radius 2 is 1.58 bits per heavy atom. The van der Waals surface area contributed by atoms with Gasteiger partial charge in [0.15, 0.2) is 5.78 Å². The van der Waals surface area contributed by atoms with Gasteiger partial charge in [0.05, 0.1) is 11.9 Å². The van der Waals surface area contributed by atoms with Gasteiger partial charge < -0.3 is 5.32 Å². The number of nitrogens with zero attached hydrogens (tertiary/aromatic N) is 1. The lowest BCUT2D eigenvalue weighted by Gasteiger charge is -2.29. The number of rotatable bonds is 7. The Morgan fingerprint density at radius 3 is 2.17 bits per heavy atom. The van der Waals surface area contributed by atoms with Crippen molar-refractivity contribution in [3.05, 3.63) is 94.0 Å². The van der Waals surface area contributed by atoms with Crippen LogP contribution in [0.5, 0.6) is 0 Å². The van der Waals surface area contributed by atoms with Crippen molar-refractivity contribution in [3.8, 4) is 0 Å². The number of sulfonamides is 1. The van der Waals surface area contributed by atoms with Gasteiger partial charge in [-0.15, -0.1) is 0 Å². The number of benzene rings is 3. The molecule has 0 aliphatic carbocycles. The Hall–Kier alpha value is -3.16. The van der Waals surface area contributed by atoms with E-state index in [0.29, 0.717) is 33.1 Å². The van der Waals surface area contributed by atoms with Crippen LogP contribution in [0.15, 0.2) is 66.7 Å². The Morgan fingerprint density at radius 1 is 0.944 bits per heavy atom. The van der Waals surface area contributed by atoms with Crippen molar-refractivity contribution in [2.45, 2.75) is 46.1 Å². The molecular weight excluding hydrogens is 496 g/mol. The molecule has 8 heteroatoms. The number of hydrogen-bond acceptors (Lipinski definition) is 4. The fourth-order valence-corrected chi connectivity index (χ4v) is 5.26. The van der Waals surface area contributed by atoms with Gasteiger partial charge in [-0.1, -0.05) is 74.8 Å². The molecule has 0 saturated carbocycles. The number of aryl methyl sites for hydroxylation is 1. The van der Waals surface area contributed by atoms with Crippen LogP contribution < -0.4 is 9.62 Å². The van der Waals surface area contributed by atoms with Gasteiger partial charge in [0.25, 0.3) is 0 Å². The van der Waals surface area contributed by atoms with Crippen LogP contribution in [0, 0.1) is 6.92 Å². The summed E-state index contributed by atoms with van der Waals surface area (Å²) in [5.74, 6) is -0.717. The summed E-state index contributed by atoms with van der Waals surface area (Å²) >= 11 is 6.10. The zero-order valence-corrected chi connectivity index (χ0v) is 22.9. The number of carbonyl (C=O) groups is 2. The summed E-state index contributed by atoms with van der Waals surface area (Å²) < 4.78 is 26.3. The van der Waals surface area contributed by atoms with E-state index in [1.165, 1.54) is 13.0 Å². The van der Waals surface area contributed by atoms with E-state index >= 15 is 0 Å². The highest BCUT2D eigenvalue weighted by Crippen LogP contribution is 2.29. The summed E-state index contributed by atoms with van der Waals surface area (Å²) in [6.45, 7) is 9.57. The normalized spacial score (nSPS) is 12.6. The summed E-state index contributed by atoms with van der Waals surface area (Å²) in [7, 11) is -3.81. The first-order valence-corrected chi connectivity index (χ1v) is 13.7. The van der Waals surface area contributed by atoms with Crippen molar-refractivity contribution in [1.82, 2.24) is 0 Å². The third kappa shape index (κ3) is 6.33. The molecule has 3 aromatic rings. The minimum Gasteiger partial charge on any atom is -0.324 e. The van der Waals surface area contributed by atoms with Gasteiger partial charge >= 0.3 is 0 Å². The van der Waals surface area contributed by atoms with Crippen LogP contribution >= 0.6 is 11.6 Å². The first-order valence-electron chi connectivity index (χ1n) is 11.5. The molecule has 1 amide bonds. The molecule has 1 atom stereocenters.